The van der Waals surface area contributed by atoms with Crippen LogP contribution in [-0.2, 0) is 13.2 Å². The highest BCUT2D eigenvalue weighted by molar-refractivity contribution is 6.05. The second-order valence-electron chi connectivity index (χ2n) is 4.42. The van der Waals surface area contributed by atoms with Crippen molar-refractivity contribution in [2.24, 2.45) is 7.05 Å². The summed E-state index contributed by atoms with van der Waals surface area (Å²) in [4.78, 5) is 12.2. The van der Waals surface area contributed by atoms with Gasteiger partial charge in [0.25, 0.3) is 5.91 Å². The lowest BCUT2D eigenvalue weighted by Gasteiger charge is -2.09. The number of alkyl halides is 3. The van der Waals surface area contributed by atoms with E-state index >= 15 is 0 Å². The van der Waals surface area contributed by atoms with E-state index in [-0.39, 0.29) is 11.4 Å². The minimum absolute atomic E-state index is 0.175. The molecule has 22 heavy (non-hydrogen) atoms. The molecule has 1 heterocycles. The highest BCUT2D eigenvalue weighted by atomic mass is 19.4. The van der Waals surface area contributed by atoms with Gasteiger partial charge in [-0.15, -0.1) is 0 Å². The number of rotatable bonds is 4. The Labute approximate surface area is 124 Å². The molecule has 0 aliphatic rings. The van der Waals surface area contributed by atoms with Gasteiger partial charge in [-0.2, -0.15) is 18.3 Å². The van der Waals surface area contributed by atoms with Gasteiger partial charge < -0.3 is 10.1 Å². The summed E-state index contributed by atoms with van der Waals surface area (Å²) in [6.45, 7) is 2.13. The van der Waals surface area contributed by atoms with Crippen LogP contribution in [0.5, 0.6) is 5.75 Å². The van der Waals surface area contributed by atoms with E-state index in [2.05, 4.69) is 10.4 Å². The Bertz CT molecular complexity index is 680. The molecule has 8 heteroatoms. The van der Waals surface area contributed by atoms with E-state index in [9.17, 15) is 18.0 Å². The summed E-state index contributed by atoms with van der Waals surface area (Å²) in [7, 11) is 1.16. The molecule has 2 aromatic rings. The van der Waals surface area contributed by atoms with Crippen molar-refractivity contribution in [1.82, 2.24) is 9.78 Å². The van der Waals surface area contributed by atoms with Crippen LogP contribution in [0.15, 0.2) is 30.3 Å². The smallest absolute Gasteiger partial charge is 0.433 e. The lowest BCUT2D eigenvalue weighted by atomic mass is 10.2. The summed E-state index contributed by atoms with van der Waals surface area (Å²) in [5, 5.41) is 5.98. The number of anilines is 1. The molecule has 1 aromatic carbocycles. The Hall–Kier alpha value is -2.51. The molecule has 0 saturated carbocycles. The van der Waals surface area contributed by atoms with Crippen LogP contribution in [0.25, 0.3) is 0 Å². The Morgan fingerprint density at radius 1 is 1.36 bits per heavy atom. The summed E-state index contributed by atoms with van der Waals surface area (Å²) < 4.78 is 44.1. The van der Waals surface area contributed by atoms with E-state index in [0.717, 1.165) is 13.1 Å². The molecule has 0 spiro atoms. The molecule has 0 fully saturated rings. The van der Waals surface area contributed by atoms with Crippen LogP contribution in [0.3, 0.4) is 0 Å². The fourth-order valence-electron chi connectivity index (χ4n) is 1.91. The molecular formula is C14H14F3N3O2. The third-order valence-corrected chi connectivity index (χ3v) is 2.84. The number of aromatic nitrogens is 2. The van der Waals surface area contributed by atoms with Crippen molar-refractivity contribution < 1.29 is 22.7 Å². The molecule has 1 aromatic heterocycles. The number of hydrogen-bond donors (Lipinski definition) is 1. The summed E-state index contributed by atoms with van der Waals surface area (Å²) in [5.74, 6) is -0.406. The van der Waals surface area contributed by atoms with Crippen LogP contribution in [0.2, 0.25) is 0 Å². The number of ether oxygens (including phenoxy) is 1. The molecule has 0 atom stereocenters. The number of benzene rings is 1. The average Bonchev–Trinajstić information content (AvgIpc) is 2.80. The molecule has 1 N–H and O–H groups in total. The number of halogens is 3. The fourth-order valence-corrected chi connectivity index (χ4v) is 1.91. The Morgan fingerprint density at radius 2 is 2.05 bits per heavy atom. The average molecular weight is 313 g/mol. The van der Waals surface area contributed by atoms with Crippen molar-refractivity contribution >= 4 is 11.7 Å². The SMILES string of the molecule is CCOc1ccccc1C(=O)Nc1cc(C(F)(F)F)n(C)n1. The van der Waals surface area contributed by atoms with Crippen LogP contribution in [0, 0.1) is 0 Å². The summed E-state index contributed by atoms with van der Waals surface area (Å²) >= 11 is 0. The second kappa shape index (κ2) is 6.08. The maximum atomic E-state index is 12.7. The number of carbonyl (C=O) groups excluding carboxylic acids is 1. The van der Waals surface area contributed by atoms with E-state index < -0.39 is 17.8 Å². The zero-order valence-corrected chi connectivity index (χ0v) is 11.9. The van der Waals surface area contributed by atoms with Gasteiger partial charge >= 0.3 is 6.18 Å². The van der Waals surface area contributed by atoms with Crippen molar-refractivity contribution in [3.8, 4) is 5.75 Å². The van der Waals surface area contributed by atoms with Crippen molar-refractivity contribution in [2.75, 3.05) is 11.9 Å². The Kier molecular flexibility index (Phi) is 4.39. The molecule has 0 radical (unpaired) electrons. The van der Waals surface area contributed by atoms with Gasteiger partial charge in [0, 0.05) is 13.1 Å². The first-order chi connectivity index (χ1) is 10.3. The van der Waals surface area contributed by atoms with Gasteiger partial charge in [-0.3, -0.25) is 9.48 Å². The molecule has 0 unspecified atom stereocenters. The normalized spacial score (nSPS) is 11.3. The van der Waals surface area contributed by atoms with Gasteiger partial charge in [-0.1, -0.05) is 12.1 Å². The number of para-hydroxylation sites is 1. The first-order valence-electron chi connectivity index (χ1n) is 6.47. The number of hydrogen-bond acceptors (Lipinski definition) is 3. The van der Waals surface area contributed by atoms with Crippen LogP contribution in [0.4, 0.5) is 19.0 Å². The molecule has 0 aliphatic carbocycles. The van der Waals surface area contributed by atoms with Gasteiger partial charge in [0.2, 0.25) is 0 Å². The minimum atomic E-state index is -4.53. The van der Waals surface area contributed by atoms with E-state index in [1.807, 2.05) is 0 Å². The van der Waals surface area contributed by atoms with Crippen molar-refractivity contribution in [3.63, 3.8) is 0 Å². The summed E-state index contributed by atoms with van der Waals surface area (Å²) in [6.07, 6.45) is -4.53. The maximum Gasteiger partial charge on any atom is 0.433 e. The number of amides is 1. The molecule has 118 valence electrons. The lowest BCUT2D eigenvalue weighted by Crippen LogP contribution is -2.14. The first-order valence-corrected chi connectivity index (χ1v) is 6.47. The van der Waals surface area contributed by atoms with Crippen molar-refractivity contribution in [1.29, 1.82) is 0 Å². The van der Waals surface area contributed by atoms with Crippen LogP contribution >= 0.6 is 0 Å². The van der Waals surface area contributed by atoms with Crippen LogP contribution in [0.1, 0.15) is 23.0 Å². The Balaban J connectivity index is 2.23. The minimum Gasteiger partial charge on any atom is -0.493 e. The van der Waals surface area contributed by atoms with Crippen LogP contribution < -0.4 is 10.1 Å². The van der Waals surface area contributed by atoms with E-state index in [4.69, 9.17) is 4.74 Å². The monoisotopic (exact) mass is 313 g/mol. The quantitative estimate of drug-likeness (QED) is 0.943. The largest absolute Gasteiger partial charge is 0.493 e. The zero-order valence-electron chi connectivity index (χ0n) is 11.9. The second-order valence-corrected chi connectivity index (χ2v) is 4.42. The predicted octanol–water partition coefficient (Wildman–Crippen LogP) is 3.09. The molecule has 0 aliphatic heterocycles. The highest BCUT2D eigenvalue weighted by Crippen LogP contribution is 2.30. The number of aryl methyl sites for hydroxylation is 1. The number of nitrogens with one attached hydrogen (secondary N) is 1. The van der Waals surface area contributed by atoms with E-state index in [1.165, 1.54) is 6.07 Å². The number of carbonyl (C=O) groups is 1. The van der Waals surface area contributed by atoms with Crippen molar-refractivity contribution in [2.45, 2.75) is 13.1 Å². The number of nitrogens with zero attached hydrogens (tertiary/aromatic N) is 2. The fraction of sp³-hybridized carbons (Fsp3) is 0.286. The molecule has 0 bridgehead atoms. The maximum absolute atomic E-state index is 12.7. The van der Waals surface area contributed by atoms with Gasteiger partial charge in [0.1, 0.15) is 11.4 Å². The summed E-state index contributed by atoms with van der Waals surface area (Å²) in [5.41, 5.74) is -0.718. The van der Waals surface area contributed by atoms with Gasteiger partial charge in [-0.25, -0.2) is 0 Å². The van der Waals surface area contributed by atoms with Gasteiger partial charge in [0.15, 0.2) is 5.82 Å². The highest BCUT2D eigenvalue weighted by Gasteiger charge is 2.35. The lowest BCUT2D eigenvalue weighted by molar-refractivity contribution is -0.143. The Morgan fingerprint density at radius 3 is 2.64 bits per heavy atom. The van der Waals surface area contributed by atoms with Gasteiger partial charge in [-0.05, 0) is 19.1 Å². The van der Waals surface area contributed by atoms with Crippen LogP contribution in [-0.4, -0.2) is 22.3 Å². The standard InChI is InChI=1S/C14H14F3N3O2/c1-3-22-10-7-5-4-6-9(10)13(21)18-12-8-11(14(15,16)17)20(2)19-12/h4-8H,3H2,1-2H3,(H,18,19,21). The van der Waals surface area contributed by atoms with E-state index in [0.29, 0.717) is 17.0 Å². The van der Waals surface area contributed by atoms with E-state index in [1.54, 1.807) is 25.1 Å². The first kappa shape index (κ1) is 15.9. The topological polar surface area (TPSA) is 56.1 Å². The third kappa shape index (κ3) is 3.38. The molecular weight excluding hydrogens is 299 g/mol. The van der Waals surface area contributed by atoms with Gasteiger partial charge in [0.05, 0.1) is 12.2 Å². The molecule has 2 rings (SSSR count). The van der Waals surface area contributed by atoms with Crippen molar-refractivity contribution in [3.05, 3.63) is 41.6 Å². The molecule has 0 saturated heterocycles. The molecule has 5 nitrogen and oxygen atoms in total. The predicted molar refractivity (Wildman–Crippen MR) is 73.8 cm³/mol. The third-order valence-electron chi connectivity index (χ3n) is 2.84. The molecule has 1 amide bonds. The zero-order chi connectivity index (χ0) is 16.3. The summed E-state index contributed by atoms with van der Waals surface area (Å²) in [6, 6.07) is 7.24.